The van der Waals surface area contributed by atoms with Crippen LogP contribution in [0.4, 0.5) is 0 Å². The molecule has 1 aliphatic rings. The second-order valence-electron chi connectivity index (χ2n) is 6.54. The molecular weight excluding hydrogens is 399 g/mol. The van der Waals surface area contributed by atoms with Crippen LogP contribution in [0.25, 0.3) is 0 Å². The van der Waals surface area contributed by atoms with Crippen molar-refractivity contribution in [1.29, 1.82) is 0 Å². The summed E-state index contributed by atoms with van der Waals surface area (Å²) in [5.41, 5.74) is 1.04. The van der Waals surface area contributed by atoms with Crippen molar-refractivity contribution in [2.75, 3.05) is 6.61 Å². The second-order valence-corrected chi connectivity index (χ2v) is 7.98. The molecule has 0 aromatic carbocycles. The van der Waals surface area contributed by atoms with Gasteiger partial charge in [0.2, 0.25) is 0 Å². The van der Waals surface area contributed by atoms with E-state index >= 15 is 0 Å². The average Bonchev–Trinajstić information content (AvgIpc) is 2.44. The predicted molar refractivity (Wildman–Crippen MR) is 94.7 cm³/mol. The first-order chi connectivity index (χ1) is 9.83. The van der Waals surface area contributed by atoms with Gasteiger partial charge >= 0.3 is 0 Å². The lowest BCUT2D eigenvalue weighted by Crippen LogP contribution is -2.39. The fraction of sp³-hybridized carbons (Fsp3) is 0.750. The van der Waals surface area contributed by atoms with Gasteiger partial charge in [-0.25, -0.2) is 9.97 Å². The van der Waals surface area contributed by atoms with Crippen molar-refractivity contribution in [1.82, 2.24) is 9.97 Å². The maximum absolute atomic E-state index is 6.32. The number of rotatable bonds is 4. The Kier molecular flexibility index (Phi) is 5.53. The number of aromatic nitrogens is 2. The maximum atomic E-state index is 6.32. The molecule has 5 heteroatoms. The molecule has 0 spiro atoms. The van der Waals surface area contributed by atoms with Crippen molar-refractivity contribution in [2.45, 2.75) is 65.4 Å². The highest BCUT2D eigenvalue weighted by Gasteiger charge is 2.43. The van der Waals surface area contributed by atoms with Crippen LogP contribution in [0.1, 0.15) is 64.9 Å². The molecular formula is C16H24ClIN2O. The van der Waals surface area contributed by atoms with Crippen LogP contribution in [-0.2, 0) is 16.8 Å². The fourth-order valence-corrected chi connectivity index (χ4v) is 3.75. The van der Waals surface area contributed by atoms with Crippen LogP contribution in [0.15, 0.2) is 0 Å². The van der Waals surface area contributed by atoms with Crippen LogP contribution in [-0.4, -0.2) is 16.6 Å². The van der Waals surface area contributed by atoms with Crippen molar-refractivity contribution >= 4 is 34.2 Å². The molecule has 1 fully saturated rings. The average molecular weight is 423 g/mol. The summed E-state index contributed by atoms with van der Waals surface area (Å²) in [5.74, 6) is 0.780. The van der Waals surface area contributed by atoms with Gasteiger partial charge in [0.1, 0.15) is 10.8 Å². The largest absolute Gasteiger partial charge is 0.367 e. The number of hydrogen-bond donors (Lipinski definition) is 0. The molecule has 2 rings (SSSR count). The topological polar surface area (TPSA) is 35.0 Å². The van der Waals surface area contributed by atoms with Gasteiger partial charge in [-0.15, -0.1) is 0 Å². The summed E-state index contributed by atoms with van der Waals surface area (Å²) in [5, 5.41) is 0.557. The molecule has 0 atom stereocenters. The first-order valence-corrected chi connectivity index (χ1v) is 9.15. The van der Waals surface area contributed by atoms with Gasteiger partial charge < -0.3 is 4.74 Å². The zero-order valence-electron chi connectivity index (χ0n) is 13.3. The second kappa shape index (κ2) is 6.67. The van der Waals surface area contributed by atoms with Crippen LogP contribution in [0.5, 0.6) is 0 Å². The van der Waals surface area contributed by atoms with E-state index in [0.29, 0.717) is 17.2 Å². The van der Waals surface area contributed by atoms with Crippen molar-refractivity contribution in [3.63, 3.8) is 0 Å². The van der Waals surface area contributed by atoms with Crippen molar-refractivity contribution in [2.24, 2.45) is 5.41 Å². The molecule has 0 amide bonds. The molecule has 0 radical (unpaired) electrons. The molecule has 0 unspecified atom stereocenters. The highest BCUT2D eigenvalue weighted by atomic mass is 127. The SMILES string of the molecule is CCOC1(c2nc(Cl)c(I)c(CC)n2)CCC(C)(C)CC1. The number of halogens is 2. The van der Waals surface area contributed by atoms with Gasteiger partial charge in [-0.05, 0) is 67.0 Å². The Hall–Kier alpha value is 0.0600. The molecule has 21 heavy (non-hydrogen) atoms. The van der Waals surface area contributed by atoms with Crippen molar-refractivity contribution < 1.29 is 4.74 Å². The first kappa shape index (κ1) is 17.4. The normalized spacial score (nSPS) is 20.5. The molecule has 1 saturated carbocycles. The Morgan fingerprint density at radius 1 is 1.14 bits per heavy atom. The standard InChI is InChI=1S/C16H24ClIN2O/c1-5-11-12(18)13(17)20-14(19-11)16(21-6-2)9-7-15(3,4)8-10-16/h5-10H2,1-4H3. The summed E-state index contributed by atoms with van der Waals surface area (Å²) in [7, 11) is 0. The molecule has 118 valence electrons. The Labute approximate surface area is 146 Å². The summed E-state index contributed by atoms with van der Waals surface area (Å²) in [6.45, 7) is 9.46. The summed E-state index contributed by atoms with van der Waals surface area (Å²) >= 11 is 8.55. The molecule has 0 bridgehead atoms. The van der Waals surface area contributed by atoms with Gasteiger partial charge in [-0.3, -0.25) is 0 Å². The van der Waals surface area contributed by atoms with E-state index in [-0.39, 0.29) is 5.60 Å². The lowest BCUT2D eigenvalue weighted by molar-refractivity contribution is -0.0949. The van der Waals surface area contributed by atoms with Gasteiger partial charge in [0.05, 0.1) is 9.26 Å². The number of nitrogens with zero attached hydrogens (tertiary/aromatic N) is 2. The maximum Gasteiger partial charge on any atom is 0.162 e. The summed E-state index contributed by atoms with van der Waals surface area (Å²) < 4.78 is 7.12. The van der Waals surface area contributed by atoms with Crippen LogP contribution in [0.3, 0.4) is 0 Å². The van der Waals surface area contributed by atoms with Crippen LogP contribution < -0.4 is 0 Å². The number of ether oxygens (including phenoxy) is 1. The van der Waals surface area contributed by atoms with Gasteiger partial charge in [0.25, 0.3) is 0 Å². The molecule has 0 saturated heterocycles. The third kappa shape index (κ3) is 3.70. The van der Waals surface area contributed by atoms with E-state index in [2.05, 4.69) is 48.3 Å². The van der Waals surface area contributed by atoms with Crippen molar-refractivity contribution in [3.8, 4) is 0 Å². The Morgan fingerprint density at radius 2 is 1.76 bits per heavy atom. The highest BCUT2D eigenvalue weighted by Crippen LogP contribution is 2.46. The minimum absolute atomic E-state index is 0.359. The van der Waals surface area contributed by atoms with Gasteiger partial charge in [0.15, 0.2) is 5.82 Å². The Morgan fingerprint density at radius 3 is 2.29 bits per heavy atom. The quantitative estimate of drug-likeness (QED) is 0.498. The molecule has 1 heterocycles. The molecule has 1 aromatic rings. The minimum atomic E-state index is -0.359. The highest BCUT2D eigenvalue weighted by molar-refractivity contribution is 14.1. The van der Waals surface area contributed by atoms with E-state index in [1.807, 2.05) is 6.92 Å². The van der Waals surface area contributed by atoms with E-state index in [1.54, 1.807) is 0 Å². The lowest BCUT2D eigenvalue weighted by Gasteiger charge is -2.42. The minimum Gasteiger partial charge on any atom is -0.367 e. The number of aryl methyl sites for hydroxylation is 1. The Bertz CT molecular complexity index is 509. The molecule has 1 aliphatic carbocycles. The van der Waals surface area contributed by atoms with Gasteiger partial charge in [0, 0.05) is 6.61 Å². The molecule has 3 nitrogen and oxygen atoms in total. The van der Waals surface area contributed by atoms with E-state index in [9.17, 15) is 0 Å². The van der Waals surface area contributed by atoms with E-state index < -0.39 is 0 Å². The molecule has 0 N–H and O–H groups in total. The van der Waals surface area contributed by atoms with E-state index in [0.717, 1.165) is 47.2 Å². The van der Waals surface area contributed by atoms with Crippen LogP contribution in [0.2, 0.25) is 5.15 Å². The third-order valence-corrected chi connectivity index (χ3v) is 6.18. The van der Waals surface area contributed by atoms with Crippen molar-refractivity contribution in [3.05, 3.63) is 20.2 Å². The number of hydrogen-bond acceptors (Lipinski definition) is 3. The van der Waals surface area contributed by atoms with Gasteiger partial charge in [-0.2, -0.15) is 0 Å². The molecule has 0 aliphatic heterocycles. The zero-order chi connectivity index (χ0) is 15.7. The zero-order valence-corrected chi connectivity index (χ0v) is 16.2. The Balaban J connectivity index is 2.41. The summed E-state index contributed by atoms with van der Waals surface area (Å²) in [6.07, 6.45) is 5.05. The van der Waals surface area contributed by atoms with E-state index in [1.165, 1.54) is 0 Å². The fourth-order valence-electron chi connectivity index (χ4n) is 2.94. The lowest BCUT2D eigenvalue weighted by atomic mass is 9.70. The molecule has 1 aromatic heterocycles. The smallest absolute Gasteiger partial charge is 0.162 e. The third-order valence-electron chi connectivity index (χ3n) is 4.45. The van der Waals surface area contributed by atoms with Crippen LogP contribution in [0, 0.1) is 8.99 Å². The van der Waals surface area contributed by atoms with E-state index in [4.69, 9.17) is 21.3 Å². The van der Waals surface area contributed by atoms with Crippen LogP contribution >= 0.6 is 34.2 Å². The monoisotopic (exact) mass is 422 g/mol. The summed E-state index contributed by atoms with van der Waals surface area (Å²) in [6, 6.07) is 0. The predicted octanol–water partition coefficient (Wildman–Crippen LogP) is 5.13. The first-order valence-electron chi connectivity index (χ1n) is 7.70. The van der Waals surface area contributed by atoms with Gasteiger partial charge in [-0.1, -0.05) is 32.4 Å². The summed E-state index contributed by atoms with van der Waals surface area (Å²) in [4.78, 5) is 9.35.